The number of rotatable bonds is 11. The third-order valence-corrected chi connectivity index (χ3v) is 7.37. The highest BCUT2D eigenvalue weighted by molar-refractivity contribution is 6.30. The van der Waals surface area contributed by atoms with E-state index in [2.05, 4.69) is 16.0 Å². The number of hydrogen-bond acceptors (Lipinski definition) is 5. The van der Waals surface area contributed by atoms with Crippen LogP contribution in [0.2, 0.25) is 5.02 Å². The molecule has 3 amide bonds. The zero-order chi connectivity index (χ0) is 25.9. The van der Waals surface area contributed by atoms with Crippen LogP contribution in [0.5, 0.6) is 0 Å². The van der Waals surface area contributed by atoms with Crippen molar-refractivity contribution in [2.75, 3.05) is 53.0 Å². The van der Waals surface area contributed by atoms with E-state index in [0.717, 1.165) is 63.0 Å². The number of benzene rings is 1. The number of carbonyl (C=O) groups is 2. The molecule has 3 rings (SSSR count). The Morgan fingerprint density at radius 3 is 2.78 bits per heavy atom. The Bertz CT molecular complexity index is 852. The average Bonchev–Trinajstić information content (AvgIpc) is 2.86. The number of nitrogens with zero attached hydrogens (tertiary/aromatic N) is 1. The zero-order valence-electron chi connectivity index (χ0n) is 21.4. The molecule has 0 aliphatic carbocycles. The van der Waals surface area contributed by atoms with Crippen molar-refractivity contribution in [3.63, 3.8) is 0 Å². The van der Waals surface area contributed by atoms with Crippen LogP contribution in [-0.4, -0.2) is 81.2 Å². The number of likely N-dealkylation sites (tertiary alicyclic amines) is 1. The van der Waals surface area contributed by atoms with E-state index in [1.807, 2.05) is 37.1 Å². The number of aryl methyl sites for hydroxylation is 1. The molecule has 0 bridgehead atoms. The summed E-state index contributed by atoms with van der Waals surface area (Å²) in [6.45, 7) is 6.04. The van der Waals surface area contributed by atoms with Crippen LogP contribution in [0.15, 0.2) is 18.2 Å². The van der Waals surface area contributed by atoms with Crippen LogP contribution in [0, 0.1) is 18.8 Å². The standard InChI is InChI=1S/C26H41ClN4O5/c1-18-5-6-21(27)15-23(18)24(36-13-9-29-26(33)34)20-4-3-10-31(17-20)25(32)30-22(16-28-2)14-19-7-11-35-12-8-19/h5-6,15,19-20,22,24,28-29H,3-4,7-14,16-17H2,1-2H3,(H,30,32)(H,33,34). The van der Waals surface area contributed by atoms with Gasteiger partial charge in [-0.2, -0.15) is 0 Å². The van der Waals surface area contributed by atoms with Crippen molar-refractivity contribution in [2.24, 2.45) is 11.8 Å². The lowest BCUT2D eigenvalue weighted by Crippen LogP contribution is -2.52. The molecule has 1 aromatic rings. The Labute approximate surface area is 219 Å². The van der Waals surface area contributed by atoms with Crippen molar-refractivity contribution in [3.8, 4) is 0 Å². The maximum atomic E-state index is 13.3. The predicted octanol–water partition coefficient (Wildman–Crippen LogP) is 3.80. The molecule has 2 aliphatic heterocycles. The molecule has 9 nitrogen and oxygen atoms in total. The minimum absolute atomic E-state index is 0.0406. The maximum Gasteiger partial charge on any atom is 0.404 e. The number of carbonyl (C=O) groups excluding carboxylic acids is 1. The lowest BCUT2D eigenvalue weighted by molar-refractivity contribution is -0.00889. The van der Waals surface area contributed by atoms with Crippen molar-refractivity contribution in [3.05, 3.63) is 34.3 Å². The third kappa shape index (κ3) is 8.80. The molecule has 2 fully saturated rings. The molecule has 0 saturated carbocycles. The molecule has 4 N–H and O–H groups in total. The highest BCUT2D eigenvalue weighted by Gasteiger charge is 2.33. The highest BCUT2D eigenvalue weighted by Crippen LogP contribution is 2.35. The Morgan fingerprint density at radius 2 is 2.06 bits per heavy atom. The van der Waals surface area contributed by atoms with Crippen molar-refractivity contribution in [1.82, 2.24) is 20.9 Å². The predicted molar refractivity (Wildman–Crippen MR) is 140 cm³/mol. The molecule has 2 saturated heterocycles. The second kappa shape index (κ2) is 14.6. The summed E-state index contributed by atoms with van der Waals surface area (Å²) in [5.74, 6) is 0.638. The van der Waals surface area contributed by atoms with Crippen LogP contribution >= 0.6 is 11.6 Å². The van der Waals surface area contributed by atoms with Crippen LogP contribution in [0.4, 0.5) is 9.59 Å². The molecule has 10 heteroatoms. The van der Waals surface area contributed by atoms with Crippen molar-refractivity contribution >= 4 is 23.7 Å². The summed E-state index contributed by atoms with van der Waals surface area (Å²) in [5, 5.41) is 18.4. The second-order valence-electron chi connectivity index (χ2n) is 9.87. The summed E-state index contributed by atoms with van der Waals surface area (Å²) in [6.07, 6.45) is 3.44. The Hall–Kier alpha value is -2.07. The lowest BCUT2D eigenvalue weighted by Gasteiger charge is -2.38. The van der Waals surface area contributed by atoms with Gasteiger partial charge in [-0.25, -0.2) is 9.59 Å². The molecule has 1 aromatic carbocycles. The monoisotopic (exact) mass is 524 g/mol. The SMILES string of the molecule is CNCC(CC1CCOCC1)NC(=O)N1CCCC(C(OCCNC(=O)O)c2cc(Cl)ccc2C)C1. The first-order chi connectivity index (χ1) is 17.4. The zero-order valence-corrected chi connectivity index (χ0v) is 22.2. The summed E-state index contributed by atoms with van der Waals surface area (Å²) < 4.78 is 11.7. The van der Waals surface area contributed by atoms with Gasteiger partial charge in [-0.3, -0.25) is 0 Å². The molecular formula is C26H41ClN4O5. The summed E-state index contributed by atoms with van der Waals surface area (Å²) in [4.78, 5) is 26.1. The summed E-state index contributed by atoms with van der Waals surface area (Å²) in [5.41, 5.74) is 2.04. The Balaban J connectivity index is 1.66. The minimum Gasteiger partial charge on any atom is -0.465 e. The number of piperidine rings is 1. The van der Waals surface area contributed by atoms with E-state index >= 15 is 0 Å². The molecule has 0 spiro atoms. The Morgan fingerprint density at radius 1 is 1.28 bits per heavy atom. The van der Waals surface area contributed by atoms with Gasteiger partial charge in [0.1, 0.15) is 0 Å². The third-order valence-electron chi connectivity index (χ3n) is 7.13. The first kappa shape index (κ1) is 28.5. The van der Waals surface area contributed by atoms with E-state index in [0.29, 0.717) is 24.0 Å². The number of halogens is 1. The first-order valence-electron chi connectivity index (χ1n) is 13.0. The van der Waals surface area contributed by atoms with E-state index in [-0.39, 0.29) is 37.2 Å². The number of urea groups is 1. The minimum atomic E-state index is -1.08. The quantitative estimate of drug-likeness (QED) is 0.328. The summed E-state index contributed by atoms with van der Waals surface area (Å²) in [6, 6.07) is 5.76. The van der Waals surface area contributed by atoms with Gasteiger partial charge in [-0.1, -0.05) is 17.7 Å². The largest absolute Gasteiger partial charge is 0.465 e. The fraction of sp³-hybridized carbons (Fsp3) is 0.692. The van der Waals surface area contributed by atoms with Gasteiger partial charge in [0.15, 0.2) is 0 Å². The summed E-state index contributed by atoms with van der Waals surface area (Å²) >= 11 is 6.31. The van der Waals surface area contributed by atoms with Gasteiger partial charge in [-0.05, 0) is 75.3 Å². The van der Waals surface area contributed by atoms with Gasteiger partial charge < -0.3 is 35.4 Å². The van der Waals surface area contributed by atoms with E-state index in [9.17, 15) is 9.59 Å². The molecule has 3 unspecified atom stereocenters. The van der Waals surface area contributed by atoms with Gasteiger partial charge in [0.2, 0.25) is 0 Å². The van der Waals surface area contributed by atoms with E-state index < -0.39 is 6.09 Å². The van der Waals surface area contributed by atoms with Gasteiger partial charge in [-0.15, -0.1) is 0 Å². The molecule has 36 heavy (non-hydrogen) atoms. The van der Waals surface area contributed by atoms with E-state index in [4.69, 9.17) is 26.2 Å². The van der Waals surface area contributed by atoms with Crippen molar-refractivity contribution < 1.29 is 24.2 Å². The molecule has 0 radical (unpaired) electrons. The molecule has 0 aromatic heterocycles. The second-order valence-corrected chi connectivity index (χ2v) is 10.3. The molecule has 2 aliphatic rings. The molecule has 202 valence electrons. The van der Waals surface area contributed by atoms with E-state index in [1.54, 1.807) is 0 Å². The van der Waals surface area contributed by atoms with Gasteiger partial charge in [0.25, 0.3) is 0 Å². The molecule has 2 heterocycles. The Kier molecular flexibility index (Phi) is 11.6. The number of ether oxygens (including phenoxy) is 2. The van der Waals surface area contributed by atoms with E-state index in [1.165, 1.54) is 0 Å². The van der Waals surface area contributed by atoms with Gasteiger partial charge in [0.05, 0.1) is 12.7 Å². The van der Waals surface area contributed by atoms with Gasteiger partial charge >= 0.3 is 12.1 Å². The fourth-order valence-corrected chi connectivity index (χ4v) is 5.45. The van der Waals surface area contributed by atoms with Gasteiger partial charge in [0, 0.05) is 56.4 Å². The maximum absolute atomic E-state index is 13.3. The number of likely N-dealkylation sites (N-methyl/N-ethyl adjacent to an activating group) is 1. The summed E-state index contributed by atoms with van der Waals surface area (Å²) in [7, 11) is 1.91. The smallest absolute Gasteiger partial charge is 0.404 e. The molecular weight excluding hydrogens is 484 g/mol. The van der Waals surface area contributed by atoms with Crippen molar-refractivity contribution in [2.45, 2.75) is 51.2 Å². The highest BCUT2D eigenvalue weighted by atomic mass is 35.5. The number of nitrogens with one attached hydrogen (secondary N) is 3. The first-order valence-corrected chi connectivity index (χ1v) is 13.4. The molecule has 3 atom stereocenters. The van der Waals surface area contributed by atoms with Crippen LogP contribution in [-0.2, 0) is 9.47 Å². The fourth-order valence-electron chi connectivity index (χ4n) is 5.27. The number of amides is 3. The topological polar surface area (TPSA) is 112 Å². The normalized spacial score (nSPS) is 20.5. The van der Waals surface area contributed by atoms with Crippen LogP contribution < -0.4 is 16.0 Å². The van der Waals surface area contributed by atoms with Crippen LogP contribution in [0.1, 0.15) is 49.3 Å². The van der Waals surface area contributed by atoms with Crippen LogP contribution in [0.3, 0.4) is 0 Å². The lowest BCUT2D eigenvalue weighted by atomic mass is 9.86. The number of carboxylic acid groups (broad SMARTS) is 1. The average molecular weight is 525 g/mol. The number of hydrogen-bond donors (Lipinski definition) is 4. The van der Waals surface area contributed by atoms with Crippen LogP contribution in [0.25, 0.3) is 0 Å². The van der Waals surface area contributed by atoms with Crippen molar-refractivity contribution in [1.29, 1.82) is 0 Å².